The highest BCUT2D eigenvalue weighted by molar-refractivity contribution is 7.18. The highest BCUT2D eigenvalue weighted by Gasteiger charge is 2.20. The smallest absolute Gasteiger partial charge is 0.265 e. The fraction of sp³-hybridized carbons (Fsp3) is 0.600. The molecule has 2 rings (SSSR count). The third-order valence-electron chi connectivity index (χ3n) is 2.47. The van der Waals surface area contributed by atoms with Crippen LogP contribution < -0.4 is 16.0 Å². The second-order valence-corrected chi connectivity index (χ2v) is 4.65. The lowest BCUT2D eigenvalue weighted by Gasteiger charge is -2.25. The van der Waals surface area contributed by atoms with Crippen molar-refractivity contribution in [3.63, 3.8) is 0 Å². The zero-order valence-corrected chi connectivity index (χ0v) is 10.5. The summed E-state index contributed by atoms with van der Waals surface area (Å²) >= 11 is 1.34. The maximum Gasteiger partial charge on any atom is 0.265 e. The molecule has 0 aromatic carbocycles. The third-order valence-corrected chi connectivity index (χ3v) is 3.60. The molecule has 94 valence electrons. The lowest BCUT2D eigenvalue weighted by Crippen LogP contribution is -2.36. The predicted molar refractivity (Wildman–Crippen MR) is 67.6 cm³/mol. The Kier molecular flexibility index (Phi) is 3.80. The van der Waals surface area contributed by atoms with Gasteiger partial charge in [-0.2, -0.15) is 0 Å². The number of nitrogen functional groups attached to an aromatic ring is 1. The number of nitrogens with one attached hydrogen (secondary N) is 1. The third kappa shape index (κ3) is 2.67. The second kappa shape index (κ2) is 5.33. The summed E-state index contributed by atoms with van der Waals surface area (Å²) in [7, 11) is 0. The Morgan fingerprint density at radius 2 is 2.29 bits per heavy atom. The van der Waals surface area contributed by atoms with E-state index in [1.54, 1.807) is 0 Å². The predicted octanol–water partition coefficient (Wildman–Crippen LogP) is 0.312. The standard InChI is InChI=1S/C10H16N4O2S/c1-2-12-9(15)7-8(11)13-10(17-7)14-3-5-16-6-4-14/h2-6,11H2,1H3,(H,12,15). The molecule has 3 N–H and O–H groups in total. The molecule has 1 aromatic rings. The van der Waals surface area contributed by atoms with Crippen molar-refractivity contribution in [2.24, 2.45) is 0 Å². The molecule has 7 heteroatoms. The summed E-state index contributed by atoms with van der Waals surface area (Å²) in [6.07, 6.45) is 0. The first kappa shape index (κ1) is 12.1. The van der Waals surface area contributed by atoms with Gasteiger partial charge >= 0.3 is 0 Å². The number of ether oxygens (including phenoxy) is 1. The van der Waals surface area contributed by atoms with Crippen molar-refractivity contribution in [3.8, 4) is 0 Å². The Bertz CT molecular complexity index is 401. The summed E-state index contributed by atoms with van der Waals surface area (Å²) in [6, 6.07) is 0. The molecular weight excluding hydrogens is 240 g/mol. The van der Waals surface area contributed by atoms with Crippen LogP contribution in [0.1, 0.15) is 16.6 Å². The van der Waals surface area contributed by atoms with Gasteiger partial charge in [-0.3, -0.25) is 4.79 Å². The first-order chi connectivity index (χ1) is 8.22. The van der Waals surface area contributed by atoms with Gasteiger partial charge in [-0.15, -0.1) is 0 Å². The van der Waals surface area contributed by atoms with Crippen LogP contribution in [0, 0.1) is 0 Å². The summed E-state index contributed by atoms with van der Waals surface area (Å²) in [5, 5.41) is 3.53. The molecule has 1 saturated heterocycles. The van der Waals surface area contributed by atoms with E-state index in [-0.39, 0.29) is 5.91 Å². The van der Waals surface area contributed by atoms with E-state index in [9.17, 15) is 4.79 Å². The maximum absolute atomic E-state index is 11.7. The van der Waals surface area contributed by atoms with Gasteiger partial charge in [-0.05, 0) is 6.92 Å². The molecule has 0 spiro atoms. The Labute approximate surface area is 104 Å². The maximum atomic E-state index is 11.7. The van der Waals surface area contributed by atoms with Gasteiger partial charge in [0.05, 0.1) is 13.2 Å². The summed E-state index contributed by atoms with van der Waals surface area (Å²) in [5.41, 5.74) is 5.76. The molecule has 0 aliphatic carbocycles. The van der Waals surface area contributed by atoms with Crippen LogP contribution in [0.3, 0.4) is 0 Å². The SMILES string of the molecule is CCNC(=O)c1sc(N2CCOCC2)nc1N. The van der Waals surface area contributed by atoms with Crippen LogP contribution in [0.2, 0.25) is 0 Å². The van der Waals surface area contributed by atoms with Crippen LogP contribution in [0.15, 0.2) is 0 Å². The number of carbonyl (C=O) groups excluding carboxylic acids is 1. The van der Waals surface area contributed by atoms with Gasteiger partial charge in [-0.25, -0.2) is 4.98 Å². The lowest BCUT2D eigenvalue weighted by atomic mass is 10.4. The molecule has 1 amide bonds. The summed E-state index contributed by atoms with van der Waals surface area (Å²) in [6.45, 7) is 5.43. The largest absolute Gasteiger partial charge is 0.382 e. The normalized spacial score (nSPS) is 15.9. The van der Waals surface area contributed by atoms with Gasteiger partial charge < -0.3 is 20.7 Å². The number of anilines is 2. The fourth-order valence-corrected chi connectivity index (χ4v) is 2.57. The number of hydrogen-bond acceptors (Lipinski definition) is 6. The fourth-order valence-electron chi connectivity index (χ4n) is 1.61. The zero-order valence-electron chi connectivity index (χ0n) is 9.73. The van der Waals surface area contributed by atoms with E-state index in [0.29, 0.717) is 30.5 Å². The van der Waals surface area contributed by atoms with Gasteiger partial charge in [0.1, 0.15) is 10.7 Å². The molecule has 0 atom stereocenters. The number of nitrogens with zero attached hydrogens (tertiary/aromatic N) is 2. The molecule has 0 radical (unpaired) electrons. The minimum Gasteiger partial charge on any atom is -0.382 e. The first-order valence-corrected chi connectivity index (χ1v) is 6.41. The van der Waals surface area contributed by atoms with Crippen molar-refractivity contribution in [2.75, 3.05) is 43.5 Å². The molecule has 2 heterocycles. The molecule has 1 fully saturated rings. The molecule has 0 unspecified atom stereocenters. The Morgan fingerprint density at radius 3 is 2.94 bits per heavy atom. The summed E-state index contributed by atoms with van der Waals surface area (Å²) in [4.78, 5) is 18.5. The van der Waals surface area contributed by atoms with Crippen LogP contribution >= 0.6 is 11.3 Å². The van der Waals surface area contributed by atoms with Crippen molar-refractivity contribution in [3.05, 3.63) is 4.88 Å². The molecular formula is C10H16N4O2S. The van der Waals surface area contributed by atoms with Gasteiger partial charge in [0.2, 0.25) is 0 Å². The van der Waals surface area contributed by atoms with Gasteiger partial charge in [0.25, 0.3) is 5.91 Å². The number of rotatable bonds is 3. The van der Waals surface area contributed by atoms with Gasteiger partial charge in [0, 0.05) is 19.6 Å². The minimum atomic E-state index is -0.151. The number of hydrogen-bond donors (Lipinski definition) is 2. The van der Waals surface area contributed by atoms with Crippen molar-refractivity contribution in [1.29, 1.82) is 0 Å². The van der Waals surface area contributed by atoms with E-state index in [2.05, 4.69) is 15.2 Å². The van der Waals surface area contributed by atoms with E-state index in [1.165, 1.54) is 11.3 Å². The van der Waals surface area contributed by atoms with E-state index in [4.69, 9.17) is 10.5 Å². The Morgan fingerprint density at radius 1 is 1.59 bits per heavy atom. The van der Waals surface area contributed by atoms with Crippen molar-refractivity contribution in [1.82, 2.24) is 10.3 Å². The van der Waals surface area contributed by atoms with Gasteiger partial charge in [0.15, 0.2) is 5.13 Å². The van der Waals surface area contributed by atoms with E-state index in [1.807, 2.05) is 6.92 Å². The number of carbonyl (C=O) groups is 1. The molecule has 6 nitrogen and oxygen atoms in total. The molecule has 0 saturated carbocycles. The highest BCUT2D eigenvalue weighted by atomic mass is 32.1. The van der Waals surface area contributed by atoms with Crippen LogP contribution in [0.4, 0.5) is 10.9 Å². The highest BCUT2D eigenvalue weighted by Crippen LogP contribution is 2.28. The van der Waals surface area contributed by atoms with E-state index >= 15 is 0 Å². The van der Waals surface area contributed by atoms with E-state index < -0.39 is 0 Å². The molecule has 1 aliphatic heterocycles. The van der Waals surface area contributed by atoms with Crippen molar-refractivity contribution < 1.29 is 9.53 Å². The molecule has 1 aliphatic rings. The average molecular weight is 256 g/mol. The van der Waals surface area contributed by atoms with Crippen molar-refractivity contribution >= 4 is 28.2 Å². The van der Waals surface area contributed by atoms with E-state index in [0.717, 1.165) is 18.2 Å². The number of morpholine rings is 1. The van der Waals surface area contributed by atoms with Crippen LogP contribution in [-0.4, -0.2) is 43.7 Å². The molecule has 17 heavy (non-hydrogen) atoms. The number of aromatic nitrogens is 1. The zero-order chi connectivity index (χ0) is 12.3. The van der Waals surface area contributed by atoms with Crippen LogP contribution in [0.5, 0.6) is 0 Å². The molecule has 1 aromatic heterocycles. The van der Waals surface area contributed by atoms with Crippen LogP contribution in [0.25, 0.3) is 0 Å². The quantitative estimate of drug-likeness (QED) is 0.813. The summed E-state index contributed by atoms with van der Waals surface area (Å²) in [5.74, 6) is 0.157. The van der Waals surface area contributed by atoms with Crippen molar-refractivity contribution in [2.45, 2.75) is 6.92 Å². The number of thiazole rings is 1. The lowest BCUT2D eigenvalue weighted by molar-refractivity contribution is 0.0960. The number of amides is 1. The average Bonchev–Trinajstić information content (AvgIpc) is 2.73. The van der Waals surface area contributed by atoms with Crippen LogP contribution in [-0.2, 0) is 4.74 Å². The van der Waals surface area contributed by atoms with Gasteiger partial charge in [-0.1, -0.05) is 11.3 Å². The second-order valence-electron chi connectivity index (χ2n) is 3.67. The minimum absolute atomic E-state index is 0.151. The monoisotopic (exact) mass is 256 g/mol. The Balaban J connectivity index is 2.14. The number of nitrogens with two attached hydrogens (primary N) is 1. The molecule has 0 bridgehead atoms. The summed E-state index contributed by atoms with van der Waals surface area (Å²) < 4.78 is 5.27. The topological polar surface area (TPSA) is 80.5 Å². The first-order valence-electron chi connectivity index (χ1n) is 5.59. The Hall–Kier alpha value is -1.34.